The number of anilines is 2. The quantitative estimate of drug-likeness (QED) is 0.499. The number of sulfonamides is 1. The molecule has 32 heavy (non-hydrogen) atoms. The molecule has 0 bridgehead atoms. The molecule has 0 atom stereocenters. The van der Waals surface area contributed by atoms with Crippen molar-refractivity contribution in [2.45, 2.75) is 4.90 Å². The summed E-state index contributed by atoms with van der Waals surface area (Å²) < 4.78 is 44.2. The molecule has 0 aliphatic rings. The van der Waals surface area contributed by atoms with E-state index in [1.165, 1.54) is 51.7 Å². The number of benzene rings is 3. The highest BCUT2D eigenvalue weighted by atomic mass is 35.5. The van der Waals surface area contributed by atoms with Crippen LogP contribution in [0.25, 0.3) is 0 Å². The summed E-state index contributed by atoms with van der Waals surface area (Å²) in [5.41, 5.74) is 0.801. The summed E-state index contributed by atoms with van der Waals surface area (Å²) in [6.45, 7) is 0. The number of para-hydroxylation sites is 1. The minimum atomic E-state index is -4.03. The Balaban J connectivity index is 1.93. The van der Waals surface area contributed by atoms with Crippen molar-refractivity contribution in [3.05, 3.63) is 71.2 Å². The average molecular weight is 477 g/mol. The fourth-order valence-electron chi connectivity index (χ4n) is 2.96. The zero-order chi connectivity index (χ0) is 23.3. The number of nitrogens with one attached hydrogen (secondary N) is 2. The van der Waals surface area contributed by atoms with Gasteiger partial charge in [0, 0.05) is 16.4 Å². The Morgan fingerprint density at radius 3 is 2.12 bits per heavy atom. The number of carbonyl (C=O) groups is 1. The van der Waals surface area contributed by atoms with E-state index >= 15 is 0 Å². The van der Waals surface area contributed by atoms with Gasteiger partial charge in [-0.25, -0.2) is 8.42 Å². The number of rotatable bonds is 8. The molecule has 0 fully saturated rings. The molecule has 10 heteroatoms. The predicted octanol–water partition coefficient (Wildman–Crippen LogP) is 4.42. The highest BCUT2D eigenvalue weighted by Crippen LogP contribution is 2.33. The van der Waals surface area contributed by atoms with E-state index < -0.39 is 15.9 Å². The van der Waals surface area contributed by atoms with Gasteiger partial charge in [-0.2, -0.15) is 0 Å². The number of hydrogen-bond donors (Lipinski definition) is 2. The molecule has 0 saturated carbocycles. The van der Waals surface area contributed by atoms with Gasteiger partial charge in [-0.15, -0.1) is 0 Å². The molecule has 3 aromatic rings. The van der Waals surface area contributed by atoms with Crippen molar-refractivity contribution >= 4 is 38.9 Å². The van der Waals surface area contributed by atoms with Crippen LogP contribution < -0.4 is 24.2 Å². The minimum Gasteiger partial charge on any atom is -0.495 e. The second kappa shape index (κ2) is 9.80. The molecule has 0 aromatic heterocycles. The first-order valence-corrected chi connectivity index (χ1v) is 11.1. The maximum absolute atomic E-state index is 13.0. The summed E-state index contributed by atoms with van der Waals surface area (Å²) >= 11 is 5.85. The van der Waals surface area contributed by atoms with Crippen molar-refractivity contribution in [2.75, 3.05) is 31.4 Å². The smallest absolute Gasteiger partial charge is 0.265 e. The monoisotopic (exact) mass is 476 g/mol. The van der Waals surface area contributed by atoms with Gasteiger partial charge < -0.3 is 19.5 Å². The number of amides is 1. The number of hydrogen-bond acceptors (Lipinski definition) is 6. The Labute approximate surface area is 191 Å². The van der Waals surface area contributed by atoms with E-state index in [0.29, 0.717) is 16.5 Å². The first kappa shape index (κ1) is 23.2. The Hall–Kier alpha value is -3.43. The molecule has 168 valence electrons. The summed E-state index contributed by atoms with van der Waals surface area (Å²) in [4.78, 5) is 12.7. The second-order valence-corrected chi connectivity index (χ2v) is 8.56. The van der Waals surface area contributed by atoms with Crippen molar-refractivity contribution in [3.8, 4) is 17.2 Å². The lowest BCUT2D eigenvalue weighted by Gasteiger charge is -2.15. The molecule has 3 aromatic carbocycles. The van der Waals surface area contributed by atoms with E-state index in [1.807, 2.05) is 0 Å². The first-order chi connectivity index (χ1) is 15.3. The summed E-state index contributed by atoms with van der Waals surface area (Å²) in [6, 6.07) is 15.4. The van der Waals surface area contributed by atoms with E-state index in [1.54, 1.807) is 30.3 Å². The molecule has 2 N–H and O–H groups in total. The number of methoxy groups -OCH3 is 3. The average Bonchev–Trinajstić information content (AvgIpc) is 2.79. The topological polar surface area (TPSA) is 103 Å². The third-order valence-electron chi connectivity index (χ3n) is 4.46. The zero-order valence-electron chi connectivity index (χ0n) is 17.5. The van der Waals surface area contributed by atoms with Crippen LogP contribution in [0.2, 0.25) is 5.02 Å². The molecule has 0 spiro atoms. The minimum absolute atomic E-state index is 0.114. The normalized spacial score (nSPS) is 10.9. The van der Waals surface area contributed by atoms with Crippen LogP contribution in [0, 0.1) is 0 Å². The van der Waals surface area contributed by atoms with Crippen LogP contribution in [0.5, 0.6) is 17.2 Å². The Morgan fingerprint density at radius 2 is 1.50 bits per heavy atom. The van der Waals surface area contributed by atoms with Gasteiger partial charge >= 0.3 is 0 Å². The molecule has 0 saturated heterocycles. The van der Waals surface area contributed by atoms with E-state index in [9.17, 15) is 13.2 Å². The summed E-state index contributed by atoms with van der Waals surface area (Å²) in [7, 11) is 0.220. The maximum atomic E-state index is 13.0. The molecule has 1 amide bonds. The third-order valence-corrected chi connectivity index (χ3v) is 6.11. The van der Waals surface area contributed by atoms with Crippen LogP contribution in [0.4, 0.5) is 11.4 Å². The SMILES string of the molecule is COc1ccc(NC(=O)c2cccc(OC)c2OC)cc1S(=O)(=O)Nc1ccc(Cl)cc1. The van der Waals surface area contributed by atoms with E-state index in [2.05, 4.69) is 10.0 Å². The van der Waals surface area contributed by atoms with Gasteiger partial charge in [-0.3, -0.25) is 9.52 Å². The lowest BCUT2D eigenvalue weighted by molar-refractivity contribution is 0.102. The number of halogens is 1. The van der Waals surface area contributed by atoms with Gasteiger partial charge in [0.2, 0.25) is 0 Å². The molecule has 0 aliphatic carbocycles. The van der Waals surface area contributed by atoms with Gasteiger partial charge in [0.15, 0.2) is 11.5 Å². The van der Waals surface area contributed by atoms with Crippen molar-refractivity contribution in [1.82, 2.24) is 0 Å². The van der Waals surface area contributed by atoms with Gasteiger partial charge in [0.25, 0.3) is 15.9 Å². The highest BCUT2D eigenvalue weighted by Gasteiger charge is 2.22. The Bertz CT molecular complexity index is 1230. The van der Waals surface area contributed by atoms with Crippen LogP contribution in [0.15, 0.2) is 65.6 Å². The van der Waals surface area contributed by atoms with Crippen LogP contribution in [-0.2, 0) is 10.0 Å². The largest absolute Gasteiger partial charge is 0.495 e. The summed E-state index contributed by atoms with van der Waals surface area (Å²) in [5, 5.41) is 3.15. The van der Waals surface area contributed by atoms with Gasteiger partial charge in [0.05, 0.1) is 26.9 Å². The van der Waals surface area contributed by atoms with Gasteiger partial charge in [-0.1, -0.05) is 17.7 Å². The summed E-state index contributed by atoms with van der Waals surface area (Å²) in [6.07, 6.45) is 0. The molecule has 8 nitrogen and oxygen atoms in total. The highest BCUT2D eigenvalue weighted by molar-refractivity contribution is 7.92. The predicted molar refractivity (Wildman–Crippen MR) is 123 cm³/mol. The van der Waals surface area contributed by atoms with Crippen molar-refractivity contribution in [2.24, 2.45) is 0 Å². The molecule has 0 radical (unpaired) electrons. The van der Waals surface area contributed by atoms with Gasteiger partial charge in [-0.05, 0) is 54.6 Å². The molecule has 3 rings (SSSR count). The fraction of sp³-hybridized carbons (Fsp3) is 0.136. The van der Waals surface area contributed by atoms with Crippen molar-refractivity contribution in [3.63, 3.8) is 0 Å². The molecular formula is C22H21ClN2O6S. The Kier molecular flexibility index (Phi) is 7.12. The first-order valence-electron chi connectivity index (χ1n) is 9.28. The van der Waals surface area contributed by atoms with Gasteiger partial charge in [0.1, 0.15) is 10.6 Å². The zero-order valence-corrected chi connectivity index (χ0v) is 19.1. The maximum Gasteiger partial charge on any atom is 0.265 e. The lowest BCUT2D eigenvalue weighted by atomic mass is 10.1. The lowest BCUT2D eigenvalue weighted by Crippen LogP contribution is -2.16. The van der Waals surface area contributed by atoms with E-state index in [4.69, 9.17) is 25.8 Å². The van der Waals surface area contributed by atoms with E-state index in [-0.39, 0.29) is 27.6 Å². The van der Waals surface area contributed by atoms with Crippen LogP contribution >= 0.6 is 11.6 Å². The number of carbonyl (C=O) groups excluding carboxylic acids is 1. The Morgan fingerprint density at radius 1 is 0.844 bits per heavy atom. The third kappa shape index (κ3) is 5.06. The van der Waals surface area contributed by atoms with E-state index in [0.717, 1.165) is 0 Å². The molecule has 0 unspecified atom stereocenters. The molecular weight excluding hydrogens is 456 g/mol. The number of ether oxygens (including phenoxy) is 3. The van der Waals surface area contributed by atoms with Crippen LogP contribution in [0.1, 0.15) is 10.4 Å². The summed E-state index contributed by atoms with van der Waals surface area (Å²) in [5.74, 6) is 0.270. The van der Waals surface area contributed by atoms with Crippen molar-refractivity contribution in [1.29, 1.82) is 0 Å². The standard InChI is InChI=1S/C22H21ClN2O6S/c1-29-18-12-11-16(24-22(26)17-5-4-6-19(30-2)21(17)31-3)13-20(18)32(27,28)25-15-9-7-14(23)8-10-15/h4-13,25H,1-3H3,(H,24,26). The van der Waals surface area contributed by atoms with Crippen molar-refractivity contribution < 1.29 is 27.4 Å². The van der Waals surface area contributed by atoms with Crippen LogP contribution in [0.3, 0.4) is 0 Å². The second-order valence-electron chi connectivity index (χ2n) is 6.47. The van der Waals surface area contributed by atoms with Crippen LogP contribution in [-0.4, -0.2) is 35.7 Å². The fourth-order valence-corrected chi connectivity index (χ4v) is 4.34. The molecule has 0 heterocycles. The molecule has 0 aliphatic heterocycles.